The Bertz CT molecular complexity index is 3520. The van der Waals surface area contributed by atoms with Crippen molar-refractivity contribution in [3.8, 4) is 5.69 Å². The normalized spacial score (nSPS) is 11.8. The first-order valence-corrected chi connectivity index (χ1v) is 23.8. The van der Waals surface area contributed by atoms with E-state index in [1.54, 1.807) is 0 Å². The summed E-state index contributed by atoms with van der Waals surface area (Å²) in [4.78, 5) is 2.54. The van der Waals surface area contributed by atoms with E-state index in [1.807, 2.05) is 0 Å². The zero-order valence-electron chi connectivity index (χ0n) is 34.6. The van der Waals surface area contributed by atoms with E-state index in [0.717, 1.165) is 22.7 Å². The standard InChI is InChI=1S/C60H42N2Si/c1-5-21-44(22-6-1)61-57-34-16-15-32-55(57)60-58(61)36-19-37-59(60)62(56-35-18-33-51-53-39-38-43-20-13-14-31-50(43)52(53)40-41-54(51)56)45-23-17-30-49(42-45)63(46-24-7-2-8-25-46,47-26-9-3-10-27-47)48-28-11-4-12-29-48/h1-42H. The third-order valence-corrected chi connectivity index (χ3v) is 17.9. The topological polar surface area (TPSA) is 8.17 Å². The van der Waals surface area contributed by atoms with Crippen molar-refractivity contribution >= 4 is 100 Å². The molecule has 3 heteroatoms. The maximum atomic E-state index is 2.54. The molecule has 1 heterocycles. The van der Waals surface area contributed by atoms with E-state index in [4.69, 9.17) is 0 Å². The molecule has 2 nitrogen and oxygen atoms in total. The number of fused-ring (bicyclic) bond motifs is 8. The summed E-state index contributed by atoms with van der Waals surface area (Å²) in [7, 11) is -2.86. The fourth-order valence-corrected chi connectivity index (χ4v) is 15.2. The molecule has 63 heavy (non-hydrogen) atoms. The van der Waals surface area contributed by atoms with Crippen LogP contribution in [0.3, 0.4) is 0 Å². The van der Waals surface area contributed by atoms with Gasteiger partial charge in [-0.15, -0.1) is 0 Å². The van der Waals surface area contributed by atoms with Crippen molar-refractivity contribution in [2.45, 2.75) is 0 Å². The quantitative estimate of drug-likeness (QED) is 0.0842. The van der Waals surface area contributed by atoms with Crippen LogP contribution in [-0.4, -0.2) is 12.6 Å². The van der Waals surface area contributed by atoms with E-state index in [9.17, 15) is 0 Å². The summed E-state index contributed by atoms with van der Waals surface area (Å²) in [6, 6.07) is 94.4. The lowest BCUT2D eigenvalue weighted by Gasteiger charge is -2.35. The van der Waals surface area contributed by atoms with Gasteiger partial charge in [-0.3, -0.25) is 0 Å². The Morgan fingerprint density at radius 3 is 1.49 bits per heavy atom. The summed E-state index contributed by atoms with van der Waals surface area (Å²) < 4.78 is 2.42. The summed E-state index contributed by atoms with van der Waals surface area (Å²) in [6.07, 6.45) is 0. The van der Waals surface area contributed by atoms with E-state index in [0.29, 0.717) is 0 Å². The van der Waals surface area contributed by atoms with Crippen molar-refractivity contribution in [1.82, 2.24) is 4.57 Å². The van der Waals surface area contributed by atoms with E-state index >= 15 is 0 Å². The van der Waals surface area contributed by atoms with Crippen LogP contribution < -0.4 is 25.6 Å². The van der Waals surface area contributed by atoms with Gasteiger partial charge in [0.1, 0.15) is 0 Å². The lowest BCUT2D eigenvalue weighted by atomic mass is 9.96. The van der Waals surface area contributed by atoms with Crippen LogP contribution >= 0.6 is 0 Å². The minimum absolute atomic E-state index is 1.11. The fraction of sp³-hybridized carbons (Fsp3) is 0. The van der Waals surface area contributed by atoms with Crippen molar-refractivity contribution in [3.05, 3.63) is 255 Å². The lowest BCUT2D eigenvalue weighted by Crippen LogP contribution is -2.74. The number of hydrogen-bond donors (Lipinski definition) is 0. The minimum Gasteiger partial charge on any atom is -0.309 e. The largest absolute Gasteiger partial charge is 0.309 e. The van der Waals surface area contributed by atoms with Gasteiger partial charge in [-0.25, -0.2) is 0 Å². The predicted molar refractivity (Wildman–Crippen MR) is 272 cm³/mol. The van der Waals surface area contributed by atoms with Crippen LogP contribution in [0.2, 0.25) is 0 Å². The molecule has 12 rings (SSSR count). The molecule has 0 amide bonds. The molecule has 0 fully saturated rings. The van der Waals surface area contributed by atoms with Crippen LogP contribution in [0.4, 0.5) is 17.1 Å². The second-order valence-electron chi connectivity index (χ2n) is 16.4. The molecular weight excluding hydrogens is 777 g/mol. The van der Waals surface area contributed by atoms with Gasteiger partial charge in [-0.2, -0.15) is 0 Å². The Hall–Kier alpha value is -7.98. The van der Waals surface area contributed by atoms with Crippen molar-refractivity contribution in [3.63, 3.8) is 0 Å². The molecular formula is C60H42N2Si. The van der Waals surface area contributed by atoms with Gasteiger partial charge in [0, 0.05) is 27.5 Å². The number of aromatic nitrogens is 1. The fourth-order valence-electron chi connectivity index (χ4n) is 10.4. The van der Waals surface area contributed by atoms with Crippen LogP contribution in [0.25, 0.3) is 59.8 Å². The molecule has 12 aromatic rings. The first-order valence-electron chi connectivity index (χ1n) is 21.8. The van der Waals surface area contributed by atoms with E-state index in [2.05, 4.69) is 264 Å². The zero-order valence-corrected chi connectivity index (χ0v) is 35.6. The van der Waals surface area contributed by atoms with Gasteiger partial charge in [0.05, 0.1) is 22.4 Å². The van der Waals surface area contributed by atoms with Crippen molar-refractivity contribution in [1.29, 1.82) is 0 Å². The van der Waals surface area contributed by atoms with Crippen LogP contribution in [0, 0.1) is 0 Å². The van der Waals surface area contributed by atoms with Crippen LogP contribution in [0.1, 0.15) is 0 Å². The Morgan fingerprint density at radius 2 is 0.778 bits per heavy atom. The first kappa shape index (κ1) is 36.8. The molecule has 296 valence electrons. The third kappa shape index (κ3) is 5.85. The van der Waals surface area contributed by atoms with Gasteiger partial charge in [0.25, 0.3) is 0 Å². The number of nitrogens with zero attached hydrogens (tertiary/aromatic N) is 2. The minimum atomic E-state index is -2.86. The van der Waals surface area contributed by atoms with Gasteiger partial charge >= 0.3 is 0 Å². The van der Waals surface area contributed by atoms with Crippen molar-refractivity contribution in [2.75, 3.05) is 4.90 Å². The Labute approximate surface area is 368 Å². The molecule has 0 radical (unpaired) electrons. The molecule has 0 saturated heterocycles. The number of hydrogen-bond acceptors (Lipinski definition) is 1. The third-order valence-electron chi connectivity index (χ3n) is 13.1. The number of anilines is 3. The first-order chi connectivity index (χ1) is 31.3. The molecule has 0 spiro atoms. The molecule has 0 N–H and O–H groups in total. The van der Waals surface area contributed by atoms with Gasteiger partial charge in [0.15, 0.2) is 8.07 Å². The van der Waals surface area contributed by atoms with Crippen molar-refractivity contribution in [2.24, 2.45) is 0 Å². The summed E-state index contributed by atoms with van der Waals surface area (Å²) >= 11 is 0. The lowest BCUT2D eigenvalue weighted by molar-refractivity contribution is 1.18. The second kappa shape index (κ2) is 15.2. The Kier molecular flexibility index (Phi) is 8.87. The summed E-state index contributed by atoms with van der Waals surface area (Å²) in [5.74, 6) is 0. The zero-order chi connectivity index (χ0) is 41.7. The SMILES string of the molecule is c1ccc(-n2c3ccccc3c3c(N(c4cccc([Si](c5ccccc5)(c5ccccc5)c5ccccc5)c4)c4cccc5c4ccc4c6ccccc6ccc54)cccc32)cc1. The molecule has 0 saturated carbocycles. The highest BCUT2D eigenvalue weighted by Crippen LogP contribution is 2.46. The number of para-hydroxylation sites is 2. The van der Waals surface area contributed by atoms with Crippen LogP contribution in [0.5, 0.6) is 0 Å². The van der Waals surface area contributed by atoms with E-state index < -0.39 is 8.07 Å². The average molecular weight is 819 g/mol. The Morgan fingerprint density at radius 1 is 0.302 bits per heavy atom. The van der Waals surface area contributed by atoms with Gasteiger partial charge in [-0.05, 0) is 96.2 Å². The van der Waals surface area contributed by atoms with E-state index in [-0.39, 0.29) is 0 Å². The molecule has 11 aromatic carbocycles. The molecule has 0 bridgehead atoms. The summed E-state index contributed by atoms with van der Waals surface area (Å²) in [5, 5.41) is 15.3. The predicted octanol–water partition coefficient (Wildman–Crippen LogP) is 13.1. The molecule has 0 atom stereocenters. The van der Waals surface area contributed by atoms with Crippen LogP contribution in [0.15, 0.2) is 255 Å². The Balaban J connectivity index is 1.19. The van der Waals surface area contributed by atoms with Gasteiger partial charge < -0.3 is 9.47 Å². The molecule has 0 unspecified atom stereocenters. The number of benzene rings is 11. The molecule has 0 aliphatic heterocycles. The maximum absolute atomic E-state index is 2.86. The monoisotopic (exact) mass is 818 g/mol. The molecule has 0 aliphatic rings. The van der Waals surface area contributed by atoms with E-state index in [1.165, 1.54) is 74.9 Å². The smallest absolute Gasteiger partial charge is 0.179 e. The van der Waals surface area contributed by atoms with Crippen LogP contribution in [-0.2, 0) is 0 Å². The molecule has 0 aliphatic carbocycles. The number of rotatable bonds is 8. The molecule has 1 aromatic heterocycles. The summed E-state index contributed by atoms with van der Waals surface area (Å²) in [6.45, 7) is 0. The van der Waals surface area contributed by atoms with Gasteiger partial charge in [-0.1, -0.05) is 206 Å². The summed E-state index contributed by atoms with van der Waals surface area (Å²) in [5.41, 5.74) is 6.87. The average Bonchev–Trinajstić information content (AvgIpc) is 3.71. The second-order valence-corrected chi connectivity index (χ2v) is 20.2. The van der Waals surface area contributed by atoms with Crippen molar-refractivity contribution < 1.29 is 0 Å². The highest BCUT2D eigenvalue weighted by Gasteiger charge is 2.41. The van der Waals surface area contributed by atoms with Gasteiger partial charge in [0.2, 0.25) is 0 Å². The highest BCUT2D eigenvalue weighted by atomic mass is 28.3. The maximum Gasteiger partial charge on any atom is 0.179 e. The highest BCUT2D eigenvalue weighted by molar-refractivity contribution is 7.19.